The van der Waals surface area contributed by atoms with Crippen LogP contribution in [0.4, 0.5) is 24.5 Å². The molecule has 23 heavy (non-hydrogen) atoms. The fraction of sp³-hybridized carbons (Fsp3) is 0.188. The third kappa shape index (κ3) is 4.59. The van der Waals surface area contributed by atoms with Crippen molar-refractivity contribution in [2.75, 3.05) is 10.6 Å². The highest BCUT2D eigenvalue weighted by Gasteiger charge is 2.31. The van der Waals surface area contributed by atoms with Gasteiger partial charge in [0.2, 0.25) is 0 Å². The van der Waals surface area contributed by atoms with Gasteiger partial charge in [-0.3, -0.25) is 0 Å². The molecule has 1 unspecified atom stereocenters. The summed E-state index contributed by atoms with van der Waals surface area (Å²) in [7, 11) is 0. The van der Waals surface area contributed by atoms with Crippen LogP contribution in [0.2, 0.25) is 0 Å². The van der Waals surface area contributed by atoms with Gasteiger partial charge < -0.3 is 16.4 Å². The van der Waals surface area contributed by atoms with Crippen LogP contribution < -0.4 is 16.4 Å². The van der Waals surface area contributed by atoms with Crippen LogP contribution in [0.25, 0.3) is 0 Å². The highest BCUT2D eigenvalue weighted by molar-refractivity contribution is 7.80. The van der Waals surface area contributed by atoms with Gasteiger partial charge in [0.1, 0.15) is 0 Å². The Balaban J connectivity index is 2.31. The second kappa shape index (κ2) is 6.87. The first-order chi connectivity index (χ1) is 10.8. The van der Waals surface area contributed by atoms with E-state index in [0.717, 1.165) is 17.7 Å². The molecule has 0 aliphatic carbocycles. The van der Waals surface area contributed by atoms with E-state index in [9.17, 15) is 13.2 Å². The Morgan fingerprint density at radius 2 is 1.74 bits per heavy atom. The largest absolute Gasteiger partial charge is 0.416 e. The van der Waals surface area contributed by atoms with E-state index < -0.39 is 11.7 Å². The molecule has 0 fully saturated rings. The maximum absolute atomic E-state index is 12.9. The van der Waals surface area contributed by atoms with Crippen LogP contribution in [0.3, 0.4) is 0 Å². The van der Waals surface area contributed by atoms with Crippen molar-refractivity contribution < 1.29 is 13.2 Å². The lowest BCUT2D eigenvalue weighted by molar-refractivity contribution is -0.137. The molecule has 0 saturated carbocycles. The number of rotatable bonds is 4. The Morgan fingerprint density at radius 3 is 2.30 bits per heavy atom. The monoisotopic (exact) mass is 339 g/mol. The van der Waals surface area contributed by atoms with Crippen molar-refractivity contribution in [3.8, 4) is 0 Å². The zero-order chi connectivity index (χ0) is 17.0. The first kappa shape index (κ1) is 17.1. The number of anilines is 2. The standard InChI is InChI=1S/C16H16F3N3S/c1-10(11-5-3-2-4-6-11)21-13-8-7-12(16(17,18)19)9-14(13)22-15(20)23/h2-10,21H,1H3,(H3,20,22,23). The number of halogens is 3. The molecule has 0 saturated heterocycles. The van der Waals surface area contributed by atoms with E-state index in [1.807, 2.05) is 37.3 Å². The molecular weight excluding hydrogens is 323 g/mol. The van der Waals surface area contributed by atoms with Crippen LogP contribution in [0.1, 0.15) is 24.1 Å². The van der Waals surface area contributed by atoms with Gasteiger partial charge in [0.05, 0.1) is 16.9 Å². The van der Waals surface area contributed by atoms with Crippen LogP contribution in [0.15, 0.2) is 48.5 Å². The second-order valence-corrected chi connectivity index (χ2v) is 5.46. The van der Waals surface area contributed by atoms with Crippen LogP contribution in [-0.2, 0) is 6.18 Å². The van der Waals surface area contributed by atoms with Gasteiger partial charge in [-0.25, -0.2) is 0 Å². The minimum atomic E-state index is -4.43. The predicted octanol–water partition coefficient (Wildman–Crippen LogP) is 4.53. The van der Waals surface area contributed by atoms with Crippen LogP contribution in [-0.4, -0.2) is 5.11 Å². The molecule has 7 heteroatoms. The van der Waals surface area contributed by atoms with Gasteiger partial charge in [-0.15, -0.1) is 0 Å². The molecule has 0 bridgehead atoms. The molecule has 0 amide bonds. The van der Waals surface area contributed by atoms with Crippen molar-refractivity contribution in [3.05, 3.63) is 59.7 Å². The van der Waals surface area contributed by atoms with Crippen LogP contribution in [0, 0.1) is 0 Å². The zero-order valence-electron chi connectivity index (χ0n) is 12.3. The van der Waals surface area contributed by atoms with Gasteiger partial charge in [-0.05, 0) is 42.9 Å². The summed E-state index contributed by atoms with van der Waals surface area (Å²) >= 11 is 4.74. The van der Waals surface area contributed by atoms with Gasteiger partial charge >= 0.3 is 6.18 Å². The summed E-state index contributed by atoms with van der Waals surface area (Å²) in [6.45, 7) is 1.91. The summed E-state index contributed by atoms with van der Waals surface area (Å²) in [5, 5.41) is 5.66. The van der Waals surface area contributed by atoms with E-state index >= 15 is 0 Å². The van der Waals surface area contributed by atoms with E-state index in [-0.39, 0.29) is 16.8 Å². The SMILES string of the molecule is CC(Nc1ccc(C(F)(F)F)cc1NC(N)=S)c1ccccc1. The molecule has 0 aliphatic rings. The third-order valence-electron chi connectivity index (χ3n) is 3.28. The average molecular weight is 339 g/mol. The molecule has 2 aromatic carbocycles. The Morgan fingerprint density at radius 1 is 1.09 bits per heavy atom. The first-order valence-electron chi connectivity index (χ1n) is 6.86. The number of nitrogens with two attached hydrogens (primary N) is 1. The molecule has 2 rings (SSSR count). The maximum atomic E-state index is 12.9. The lowest BCUT2D eigenvalue weighted by Gasteiger charge is -2.20. The highest BCUT2D eigenvalue weighted by atomic mass is 32.1. The van der Waals surface area contributed by atoms with Crippen molar-refractivity contribution >= 4 is 28.7 Å². The van der Waals surface area contributed by atoms with E-state index in [4.69, 9.17) is 18.0 Å². The van der Waals surface area contributed by atoms with Crippen LogP contribution in [0.5, 0.6) is 0 Å². The summed E-state index contributed by atoms with van der Waals surface area (Å²) in [6.07, 6.45) is -4.43. The van der Waals surface area contributed by atoms with Gasteiger partial charge in [0, 0.05) is 6.04 Å². The Bertz CT molecular complexity index is 687. The number of benzene rings is 2. The smallest absolute Gasteiger partial charge is 0.377 e. The number of thiocarbonyl (C=S) groups is 1. The first-order valence-corrected chi connectivity index (χ1v) is 7.27. The van der Waals surface area contributed by atoms with E-state index in [0.29, 0.717) is 5.69 Å². The fourth-order valence-electron chi connectivity index (χ4n) is 2.14. The van der Waals surface area contributed by atoms with Crippen LogP contribution >= 0.6 is 12.2 Å². The summed E-state index contributed by atoms with van der Waals surface area (Å²) < 4.78 is 38.6. The average Bonchev–Trinajstić information content (AvgIpc) is 2.48. The van der Waals surface area contributed by atoms with E-state index in [2.05, 4.69) is 10.6 Å². The maximum Gasteiger partial charge on any atom is 0.416 e. The van der Waals surface area contributed by atoms with Crippen molar-refractivity contribution in [1.82, 2.24) is 0 Å². The highest BCUT2D eigenvalue weighted by Crippen LogP contribution is 2.35. The molecule has 2 aromatic rings. The number of nitrogens with one attached hydrogen (secondary N) is 2. The van der Waals surface area contributed by atoms with Gasteiger partial charge in [0.25, 0.3) is 0 Å². The molecule has 0 aromatic heterocycles. The fourth-order valence-corrected chi connectivity index (χ4v) is 2.25. The topological polar surface area (TPSA) is 50.1 Å². The van der Waals surface area contributed by atoms with Crippen molar-refractivity contribution in [1.29, 1.82) is 0 Å². The molecular formula is C16H16F3N3S. The molecule has 0 radical (unpaired) electrons. The van der Waals surface area contributed by atoms with Crippen molar-refractivity contribution in [2.24, 2.45) is 5.73 Å². The summed E-state index contributed by atoms with van der Waals surface area (Å²) in [6, 6.07) is 12.8. The second-order valence-electron chi connectivity index (χ2n) is 5.02. The molecule has 1 atom stereocenters. The Labute approximate surface area is 137 Å². The molecule has 0 spiro atoms. The number of hydrogen-bond donors (Lipinski definition) is 3. The van der Waals surface area contributed by atoms with Crippen molar-refractivity contribution in [3.63, 3.8) is 0 Å². The predicted molar refractivity (Wildman–Crippen MR) is 90.3 cm³/mol. The Kier molecular flexibility index (Phi) is 5.10. The van der Waals surface area contributed by atoms with Gasteiger partial charge in [-0.2, -0.15) is 13.2 Å². The van der Waals surface area contributed by atoms with E-state index in [1.165, 1.54) is 6.07 Å². The Hall–Kier alpha value is -2.28. The summed E-state index contributed by atoms with van der Waals surface area (Å²) in [5.74, 6) is 0. The minimum absolute atomic E-state index is 0.0974. The lowest BCUT2D eigenvalue weighted by atomic mass is 10.1. The molecule has 0 aliphatic heterocycles. The number of alkyl halides is 3. The normalized spacial score (nSPS) is 12.5. The summed E-state index contributed by atoms with van der Waals surface area (Å²) in [5.41, 5.74) is 6.32. The molecule has 0 heterocycles. The molecule has 3 nitrogen and oxygen atoms in total. The van der Waals surface area contributed by atoms with Gasteiger partial charge in [-0.1, -0.05) is 30.3 Å². The molecule has 4 N–H and O–H groups in total. The zero-order valence-corrected chi connectivity index (χ0v) is 13.1. The third-order valence-corrected chi connectivity index (χ3v) is 3.38. The minimum Gasteiger partial charge on any atom is -0.377 e. The van der Waals surface area contributed by atoms with E-state index in [1.54, 1.807) is 0 Å². The van der Waals surface area contributed by atoms with Gasteiger partial charge in [0.15, 0.2) is 5.11 Å². The van der Waals surface area contributed by atoms with Crippen molar-refractivity contribution in [2.45, 2.75) is 19.1 Å². The lowest BCUT2D eigenvalue weighted by Crippen LogP contribution is -2.21. The number of hydrogen-bond acceptors (Lipinski definition) is 2. The summed E-state index contributed by atoms with van der Waals surface area (Å²) in [4.78, 5) is 0. The molecule has 122 valence electrons. The quantitative estimate of drug-likeness (QED) is 0.716.